The summed E-state index contributed by atoms with van der Waals surface area (Å²) in [6.07, 6.45) is 2.09. The molecule has 0 aromatic carbocycles. The number of hydrogen-bond donors (Lipinski definition) is 2. The fourth-order valence-electron chi connectivity index (χ4n) is 2.02. The predicted octanol–water partition coefficient (Wildman–Crippen LogP) is 0.646. The van der Waals surface area contributed by atoms with E-state index >= 15 is 0 Å². The van der Waals surface area contributed by atoms with Crippen molar-refractivity contribution in [3.8, 4) is 5.88 Å². The van der Waals surface area contributed by atoms with Gasteiger partial charge in [0, 0.05) is 12.6 Å². The molecule has 0 radical (unpaired) electrons. The molecule has 1 aromatic heterocycles. The van der Waals surface area contributed by atoms with E-state index in [-0.39, 0.29) is 23.5 Å². The zero-order chi connectivity index (χ0) is 14.6. The molecule has 20 heavy (non-hydrogen) atoms. The number of hydrogen-bond acceptors (Lipinski definition) is 5. The minimum atomic E-state index is -2.91. The number of carbonyl (C=O) groups is 1. The number of carbonyl (C=O) groups excluding carboxylic acids is 1. The standard InChI is InChI=1S/C12H17N3O4S/c1-19-11-3-2-10(7-13-11)15-12(16)14-6-9-4-5-20(17,18)8-9/h2-3,7,9H,4-6,8H2,1H3,(H2,14,15,16)/t9-/m1/s1. The summed E-state index contributed by atoms with van der Waals surface area (Å²) in [6.45, 7) is 0.356. The zero-order valence-corrected chi connectivity index (χ0v) is 11.9. The van der Waals surface area contributed by atoms with Crippen LogP contribution in [0.5, 0.6) is 5.88 Å². The third-order valence-corrected chi connectivity index (χ3v) is 4.92. The minimum Gasteiger partial charge on any atom is -0.481 e. The summed E-state index contributed by atoms with van der Waals surface area (Å²) in [4.78, 5) is 15.6. The van der Waals surface area contributed by atoms with Crippen molar-refractivity contribution in [3.05, 3.63) is 18.3 Å². The van der Waals surface area contributed by atoms with Crippen molar-refractivity contribution in [3.63, 3.8) is 0 Å². The highest BCUT2D eigenvalue weighted by atomic mass is 32.2. The third-order valence-electron chi connectivity index (χ3n) is 3.08. The molecule has 2 N–H and O–H groups in total. The first kappa shape index (κ1) is 14.6. The van der Waals surface area contributed by atoms with Crippen molar-refractivity contribution in [2.75, 3.05) is 30.5 Å². The Labute approximate surface area is 117 Å². The molecule has 1 aromatic rings. The first-order chi connectivity index (χ1) is 9.48. The number of urea groups is 1. The Balaban J connectivity index is 1.78. The maximum Gasteiger partial charge on any atom is 0.319 e. The number of rotatable bonds is 4. The normalized spacial score (nSPS) is 20.4. The Morgan fingerprint density at radius 1 is 1.50 bits per heavy atom. The maximum atomic E-state index is 11.7. The molecule has 8 heteroatoms. The van der Waals surface area contributed by atoms with Gasteiger partial charge in [-0.15, -0.1) is 0 Å². The largest absolute Gasteiger partial charge is 0.481 e. The number of pyridine rings is 1. The van der Waals surface area contributed by atoms with E-state index < -0.39 is 9.84 Å². The molecule has 0 saturated carbocycles. The summed E-state index contributed by atoms with van der Waals surface area (Å²) in [7, 11) is -1.39. The van der Waals surface area contributed by atoms with E-state index in [1.807, 2.05) is 0 Å². The molecule has 7 nitrogen and oxygen atoms in total. The molecule has 0 bridgehead atoms. The molecule has 1 atom stereocenters. The average molecular weight is 299 g/mol. The van der Waals surface area contributed by atoms with Crippen LogP contribution < -0.4 is 15.4 Å². The fourth-order valence-corrected chi connectivity index (χ4v) is 3.88. The van der Waals surface area contributed by atoms with Gasteiger partial charge in [-0.3, -0.25) is 0 Å². The van der Waals surface area contributed by atoms with Gasteiger partial charge in [-0.05, 0) is 18.4 Å². The lowest BCUT2D eigenvalue weighted by atomic mass is 10.1. The van der Waals surface area contributed by atoms with E-state index in [1.54, 1.807) is 12.1 Å². The quantitative estimate of drug-likeness (QED) is 0.850. The lowest BCUT2D eigenvalue weighted by Crippen LogP contribution is -2.33. The van der Waals surface area contributed by atoms with Gasteiger partial charge in [-0.1, -0.05) is 0 Å². The van der Waals surface area contributed by atoms with Gasteiger partial charge in [0.2, 0.25) is 5.88 Å². The van der Waals surface area contributed by atoms with Crippen LogP contribution in [0.15, 0.2) is 18.3 Å². The first-order valence-corrected chi connectivity index (χ1v) is 8.06. The monoisotopic (exact) mass is 299 g/mol. The van der Waals surface area contributed by atoms with E-state index in [0.717, 1.165) is 0 Å². The number of methoxy groups -OCH3 is 1. The molecule has 2 amide bonds. The summed E-state index contributed by atoms with van der Waals surface area (Å²) < 4.78 is 27.5. The zero-order valence-electron chi connectivity index (χ0n) is 11.1. The van der Waals surface area contributed by atoms with Crippen LogP contribution in [-0.2, 0) is 9.84 Å². The predicted molar refractivity (Wildman–Crippen MR) is 74.6 cm³/mol. The van der Waals surface area contributed by atoms with Crippen molar-refractivity contribution in [2.45, 2.75) is 6.42 Å². The van der Waals surface area contributed by atoms with E-state index in [0.29, 0.717) is 24.5 Å². The lowest BCUT2D eigenvalue weighted by molar-refractivity contribution is 0.250. The van der Waals surface area contributed by atoms with Gasteiger partial charge in [-0.25, -0.2) is 18.2 Å². The Morgan fingerprint density at radius 2 is 2.30 bits per heavy atom. The van der Waals surface area contributed by atoms with Gasteiger partial charge in [0.05, 0.1) is 30.5 Å². The number of anilines is 1. The molecule has 1 saturated heterocycles. The number of amides is 2. The number of aromatic nitrogens is 1. The van der Waals surface area contributed by atoms with Crippen LogP contribution in [0.3, 0.4) is 0 Å². The van der Waals surface area contributed by atoms with Crippen LogP contribution >= 0.6 is 0 Å². The summed E-state index contributed by atoms with van der Waals surface area (Å²) >= 11 is 0. The van der Waals surface area contributed by atoms with Crippen molar-refractivity contribution in [1.82, 2.24) is 10.3 Å². The molecule has 2 heterocycles. The van der Waals surface area contributed by atoms with Gasteiger partial charge in [0.15, 0.2) is 9.84 Å². The molecule has 1 fully saturated rings. The fraction of sp³-hybridized carbons (Fsp3) is 0.500. The van der Waals surface area contributed by atoms with Crippen LogP contribution in [0.2, 0.25) is 0 Å². The van der Waals surface area contributed by atoms with Crippen LogP contribution in [0.4, 0.5) is 10.5 Å². The van der Waals surface area contributed by atoms with Crippen LogP contribution in [0.25, 0.3) is 0 Å². The van der Waals surface area contributed by atoms with Crippen molar-refractivity contribution < 1.29 is 17.9 Å². The third kappa shape index (κ3) is 4.09. The Bertz CT molecular complexity index is 571. The summed E-state index contributed by atoms with van der Waals surface area (Å²) in [5.74, 6) is 0.827. The first-order valence-electron chi connectivity index (χ1n) is 6.24. The highest BCUT2D eigenvalue weighted by Crippen LogP contribution is 2.17. The number of ether oxygens (including phenoxy) is 1. The molecular weight excluding hydrogens is 282 g/mol. The van der Waals surface area contributed by atoms with Crippen molar-refractivity contribution in [1.29, 1.82) is 0 Å². The molecule has 2 rings (SSSR count). The Hall–Kier alpha value is -1.83. The maximum absolute atomic E-state index is 11.7. The lowest BCUT2D eigenvalue weighted by Gasteiger charge is -2.10. The van der Waals surface area contributed by atoms with E-state index in [2.05, 4.69) is 15.6 Å². The highest BCUT2D eigenvalue weighted by molar-refractivity contribution is 7.91. The Morgan fingerprint density at radius 3 is 2.85 bits per heavy atom. The summed E-state index contributed by atoms with van der Waals surface area (Å²) in [5, 5.41) is 5.29. The molecular formula is C12H17N3O4S. The second-order valence-electron chi connectivity index (χ2n) is 4.69. The molecule has 110 valence electrons. The summed E-state index contributed by atoms with van der Waals surface area (Å²) in [6, 6.07) is 2.94. The molecule has 1 aliphatic heterocycles. The smallest absolute Gasteiger partial charge is 0.319 e. The molecule has 0 aliphatic carbocycles. The molecule has 1 aliphatic rings. The number of nitrogens with one attached hydrogen (secondary N) is 2. The van der Waals surface area contributed by atoms with Gasteiger partial charge in [0.1, 0.15) is 0 Å². The van der Waals surface area contributed by atoms with Crippen LogP contribution in [0, 0.1) is 5.92 Å². The van der Waals surface area contributed by atoms with Gasteiger partial charge in [-0.2, -0.15) is 0 Å². The van der Waals surface area contributed by atoms with Crippen LogP contribution in [-0.4, -0.2) is 44.6 Å². The average Bonchev–Trinajstić information content (AvgIpc) is 2.77. The number of sulfone groups is 1. The highest BCUT2D eigenvalue weighted by Gasteiger charge is 2.27. The number of nitrogens with zero attached hydrogens (tertiary/aromatic N) is 1. The SMILES string of the molecule is COc1ccc(NC(=O)NC[C@H]2CCS(=O)(=O)C2)cn1. The van der Waals surface area contributed by atoms with Crippen molar-refractivity contribution in [2.24, 2.45) is 5.92 Å². The second kappa shape index (κ2) is 6.08. The van der Waals surface area contributed by atoms with E-state index in [1.165, 1.54) is 13.3 Å². The Kier molecular flexibility index (Phi) is 4.43. The second-order valence-corrected chi connectivity index (χ2v) is 6.92. The van der Waals surface area contributed by atoms with Gasteiger partial charge >= 0.3 is 6.03 Å². The van der Waals surface area contributed by atoms with Crippen LogP contribution in [0.1, 0.15) is 6.42 Å². The summed E-state index contributed by atoms with van der Waals surface area (Å²) in [5.41, 5.74) is 0.544. The van der Waals surface area contributed by atoms with Crippen molar-refractivity contribution >= 4 is 21.6 Å². The molecule has 0 unspecified atom stereocenters. The molecule has 0 spiro atoms. The van der Waals surface area contributed by atoms with Gasteiger partial charge < -0.3 is 15.4 Å². The topological polar surface area (TPSA) is 97.4 Å². The van der Waals surface area contributed by atoms with E-state index in [9.17, 15) is 13.2 Å². The van der Waals surface area contributed by atoms with Gasteiger partial charge in [0.25, 0.3) is 0 Å². The van der Waals surface area contributed by atoms with E-state index in [4.69, 9.17) is 4.74 Å². The minimum absolute atomic E-state index is 0.000239.